The first kappa shape index (κ1) is 31.9. The van der Waals surface area contributed by atoms with Crippen molar-refractivity contribution in [1.29, 1.82) is 0 Å². The number of benzene rings is 7. The fraction of sp³-hybridized carbons (Fsp3) is 0. The van der Waals surface area contributed by atoms with Crippen LogP contribution >= 0.6 is 45.3 Å². The summed E-state index contributed by atoms with van der Waals surface area (Å²) >= 11 is 7.35. The standard InChI is InChI=1S/C50H30S4/c1-3-41(43-23-25-51-45(43)5-1)35-15-7-31(8-16-35)33-11-19-37(20-12-33)47-27-39-29-50-40(30-49(39)53-47)28-48(54-50)38-21-13-34(14-22-38)32-9-17-36(18-10-32)42-4-2-6-46-44(42)24-26-52-46/h1-30H. The van der Waals surface area contributed by atoms with Crippen LogP contribution < -0.4 is 0 Å². The van der Waals surface area contributed by atoms with Gasteiger partial charge in [-0.05, 0) is 126 Å². The Bertz CT molecular complexity index is 2850. The molecule has 7 aromatic carbocycles. The summed E-state index contributed by atoms with van der Waals surface area (Å²) in [7, 11) is 0. The molecule has 54 heavy (non-hydrogen) atoms. The Labute approximate surface area is 329 Å². The molecule has 0 amide bonds. The third kappa shape index (κ3) is 5.62. The predicted octanol–water partition coefficient (Wildman–Crippen LogP) is 16.5. The van der Waals surface area contributed by atoms with E-state index in [1.807, 2.05) is 22.7 Å². The van der Waals surface area contributed by atoms with Gasteiger partial charge in [0.2, 0.25) is 0 Å². The van der Waals surface area contributed by atoms with E-state index in [-0.39, 0.29) is 0 Å². The van der Waals surface area contributed by atoms with Crippen molar-refractivity contribution in [2.45, 2.75) is 0 Å². The lowest BCUT2D eigenvalue weighted by Gasteiger charge is -2.07. The molecule has 0 nitrogen and oxygen atoms in total. The van der Waals surface area contributed by atoms with Gasteiger partial charge in [0.05, 0.1) is 0 Å². The van der Waals surface area contributed by atoms with Gasteiger partial charge in [-0.3, -0.25) is 0 Å². The molecule has 11 rings (SSSR count). The van der Waals surface area contributed by atoms with E-state index in [4.69, 9.17) is 0 Å². The van der Waals surface area contributed by atoms with Crippen LogP contribution in [0.4, 0.5) is 0 Å². The van der Waals surface area contributed by atoms with E-state index >= 15 is 0 Å². The molecule has 0 saturated heterocycles. The van der Waals surface area contributed by atoms with Crippen LogP contribution in [0, 0.1) is 0 Å². The van der Waals surface area contributed by atoms with Crippen molar-refractivity contribution < 1.29 is 0 Å². The first-order chi connectivity index (χ1) is 26.7. The number of hydrogen-bond donors (Lipinski definition) is 0. The van der Waals surface area contributed by atoms with E-state index in [2.05, 4.69) is 181 Å². The van der Waals surface area contributed by atoms with E-state index in [1.54, 1.807) is 22.7 Å². The van der Waals surface area contributed by atoms with Crippen molar-refractivity contribution in [3.05, 3.63) is 181 Å². The second-order valence-electron chi connectivity index (χ2n) is 13.7. The Balaban J connectivity index is 0.809. The summed E-state index contributed by atoms with van der Waals surface area (Å²) < 4.78 is 5.33. The fourth-order valence-corrected chi connectivity index (χ4v) is 11.5. The fourth-order valence-electron chi connectivity index (χ4n) is 7.69. The lowest BCUT2D eigenvalue weighted by molar-refractivity contribution is 1.61. The van der Waals surface area contributed by atoms with Crippen molar-refractivity contribution in [1.82, 2.24) is 0 Å². The molecule has 0 atom stereocenters. The molecular formula is C50H30S4. The summed E-state index contributed by atoms with van der Waals surface area (Å²) in [6.07, 6.45) is 0. The monoisotopic (exact) mass is 758 g/mol. The van der Waals surface area contributed by atoms with Crippen LogP contribution in [0.3, 0.4) is 0 Å². The molecule has 0 spiro atoms. The van der Waals surface area contributed by atoms with Crippen molar-refractivity contribution in [2.24, 2.45) is 0 Å². The molecule has 11 aromatic rings. The van der Waals surface area contributed by atoms with Gasteiger partial charge >= 0.3 is 0 Å². The van der Waals surface area contributed by atoms with Gasteiger partial charge in [-0.2, -0.15) is 0 Å². The van der Waals surface area contributed by atoms with E-state index < -0.39 is 0 Å². The van der Waals surface area contributed by atoms with Crippen molar-refractivity contribution in [2.75, 3.05) is 0 Å². The number of thiophene rings is 4. The van der Waals surface area contributed by atoms with E-state index in [0.29, 0.717) is 0 Å². The molecule has 0 fully saturated rings. The maximum Gasteiger partial charge on any atom is 0.0356 e. The molecule has 4 heteroatoms. The Hall–Kier alpha value is -5.62. The van der Waals surface area contributed by atoms with Gasteiger partial charge in [-0.25, -0.2) is 0 Å². The highest BCUT2D eigenvalue weighted by Gasteiger charge is 2.12. The van der Waals surface area contributed by atoms with Gasteiger partial charge in [0, 0.05) is 39.3 Å². The summed E-state index contributed by atoms with van der Waals surface area (Å²) in [5, 5.41) is 9.63. The number of rotatable bonds is 6. The molecule has 4 aromatic heterocycles. The van der Waals surface area contributed by atoms with Crippen LogP contribution in [0.15, 0.2) is 181 Å². The van der Waals surface area contributed by atoms with E-state index in [9.17, 15) is 0 Å². The van der Waals surface area contributed by atoms with Crippen molar-refractivity contribution in [3.63, 3.8) is 0 Å². The normalized spacial score (nSPS) is 11.7. The zero-order valence-electron chi connectivity index (χ0n) is 29.0. The lowest BCUT2D eigenvalue weighted by atomic mass is 9.98. The van der Waals surface area contributed by atoms with Crippen LogP contribution in [0.2, 0.25) is 0 Å². The molecule has 0 saturated carbocycles. The minimum Gasteiger partial charge on any atom is -0.144 e. The molecule has 0 aliphatic heterocycles. The third-order valence-corrected chi connectivity index (χ3v) is 14.6. The zero-order valence-corrected chi connectivity index (χ0v) is 32.2. The van der Waals surface area contributed by atoms with Crippen LogP contribution in [0.5, 0.6) is 0 Å². The zero-order chi connectivity index (χ0) is 35.6. The Kier molecular flexibility index (Phi) is 7.70. The highest BCUT2D eigenvalue weighted by molar-refractivity contribution is 7.24. The van der Waals surface area contributed by atoms with Gasteiger partial charge in [-0.15, -0.1) is 45.3 Å². The van der Waals surface area contributed by atoms with Crippen LogP contribution in [0.1, 0.15) is 0 Å². The minimum absolute atomic E-state index is 1.24. The van der Waals surface area contributed by atoms with Crippen molar-refractivity contribution in [3.8, 4) is 65.4 Å². The van der Waals surface area contributed by atoms with Crippen LogP contribution in [-0.2, 0) is 0 Å². The number of fused-ring (bicyclic) bond motifs is 4. The molecule has 0 unspecified atom stereocenters. The van der Waals surface area contributed by atoms with Crippen LogP contribution in [0.25, 0.3) is 106 Å². The van der Waals surface area contributed by atoms with E-state index in [0.717, 1.165) is 0 Å². The molecule has 0 radical (unpaired) electrons. The summed E-state index contributed by atoms with van der Waals surface area (Å²) in [5.41, 5.74) is 12.6. The van der Waals surface area contributed by atoms with Gasteiger partial charge in [0.15, 0.2) is 0 Å². The molecule has 254 valence electrons. The summed E-state index contributed by atoms with van der Waals surface area (Å²) in [4.78, 5) is 2.61. The second-order valence-corrected chi connectivity index (χ2v) is 17.8. The highest BCUT2D eigenvalue weighted by atomic mass is 32.1. The maximum atomic E-state index is 2.37. The smallest absolute Gasteiger partial charge is 0.0356 e. The van der Waals surface area contributed by atoms with Gasteiger partial charge in [0.1, 0.15) is 0 Å². The van der Waals surface area contributed by atoms with E-state index in [1.165, 1.54) is 106 Å². The largest absolute Gasteiger partial charge is 0.144 e. The third-order valence-electron chi connectivity index (χ3n) is 10.5. The highest BCUT2D eigenvalue weighted by Crippen LogP contribution is 2.42. The summed E-state index contributed by atoms with van der Waals surface area (Å²) in [6, 6.07) is 63.1. The number of hydrogen-bond acceptors (Lipinski definition) is 4. The molecule has 0 N–H and O–H groups in total. The molecule has 0 bridgehead atoms. The average Bonchev–Trinajstić information content (AvgIpc) is 4.06. The average molecular weight is 759 g/mol. The molecule has 0 aliphatic rings. The summed E-state index contributed by atoms with van der Waals surface area (Å²) in [6.45, 7) is 0. The van der Waals surface area contributed by atoms with Gasteiger partial charge < -0.3 is 0 Å². The SMILES string of the molecule is c1cc(-c2ccc(-c3ccc(-c4cc5cc6sc(-c7ccc(-c8ccc(-c9cccc%10sccc9%10)cc8)cc7)cc6cc5s4)cc3)cc2)c2ccsc2c1. The predicted molar refractivity (Wildman–Crippen MR) is 241 cm³/mol. The Morgan fingerprint density at radius 1 is 0.278 bits per heavy atom. The Morgan fingerprint density at radius 3 is 1.02 bits per heavy atom. The first-order valence-corrected chi connectivity index (χ1v) is 21.4. The summed E-state index contributed by atoms with van der Waals surface area (Å²) in [5.74, 6) is 0. The molecular weight excluding hydrogens is 729 g/mol. The quantitative estimate of drug-likeness (QED) is 0.158. The second kappa shape index (κ2) is 13.0. The van der Waals surface area contributed by atoms with Crippen molar-refractivity contribution >= 4 is 85.7 Å². The van der Waals surface area contributed by atoms with Gasteiger partial charge in [-0.1, -0.05) is 121 Å². The molecule has 0 aliphatic carbocycles. The maximum absolute atomic E-state index is 2.37. The van der Waals surface area contributed by atoms with Gasteiger partial charge in [0.25, 0.3) is 0 Å². The first-order valence-electron chi connectivity index (χ1n) is 18.0. The minimum atomic E-state index is 1.24. The topological polar surface area (TPSA) is 0 Å². The van der Waals surface area contributed by atoms with Crippen LogP contribution in [-0.4, -0.2) is 0 Å². The molecule has 4 heterocycles. The Morgan fingerprint density at radius 2 is 0.630 bits per heavy atom. The lowest BCUT2D eigenvalue weighted by Crippen LogP contribution is -1.81.